The Hall–Kier alpha value is -0.820. The topological polar surface area (TPSA) is 12.0 Å². The molecule has 0 saturated heterocycles. The highest BCUT2D eigenvalue weighted by Gasteiger charge is 2.62. The minimum Gasteiger partial charge on any atom is -0.313 e. The Morgan fingerprint density at radius 3 is 2.45 bits per heavy atom. The lowest BCUT2D eigenvalue weighted by molar-refractivity contribution is 0.204. The Morgan fingerprint density at radius 1 is 1.00 bits per heavy atom. The summed E-state index contributed by atoms with van der Waals surface area (Å²) in [6.07, 6.45) is 8.92. The first-order chi connectivity index (χ1) is 9.84. The largest absolute Gasteiger partial charge is 0.313 e. The maximum Gasteiger partial charge on any atom is 0.00684 e. The van der Waals surface area contributed by atoms with E-state index in [1.165, 1.54) is 38.6 Å². The van der Waals surface area contributed by atoms with Gasteiger partial charge in [-0.1, -0.05) is 30.3 Å². The van der Waals surface area contributed by atoms with Crippen LogP contribution >= 0.6 is 0 Å². The molecule has 0 aromatic heterocycles. The second kappa shape index (κ2) is 4.10. The lowest BCUT2D eigenvalue weighted by atomic mass is 9.76. The zero-order valence-corrected chi connectivity index (χ0v) is 12.2. The molecule has 4 atom stereocenters. The van der Waals surface area contributed by atoms with E-state index in [4.69, 9.17) is 0 Å². The van der Waals surface area contributed by atoms with Gasteiger partial charge in [0.15, 0.2) is 0 Å². The Bertz CT molecular complexity index is 494. The number of hydrogen-bond acceptors (Lipinski definition) is 1. The Morgan fingerprint density at radius 2 is 1.75 bits per heavy atom. The smallest absolute Gasteiger partial charge is 0.00684 e. The molecule has 0 heterocycles. The van der Waals surface area contributed by atoms with Crippen molar-refractivity contribution in [3.63, 3.8) is 0 Å². The van der Waals surface area contributed by atoms with Crippen LogP contribution in [0.25, 0.3) is 0 Å². The van der Waals surface area contributed by atoms with E-state index in [1.54, 1.807) is 12.0 Å². The zero-order chi connectivity index (χ0) is 13.2. The van der Waals surface area contributed by atoms with Crippen LogP contribution in [0.1, 0.15) is 50.0 Å². The summed E-state index contributed by atoms with van der Waals surface area (Å²) in [5.74, 6) is 4.06. The van der Waals surface area contributed by atoms with Crippen molar-refractivity contribution in [3.05, 3.63) is 35.9 Å². The van der Waals surface area contributed by atoms with Crippen LogP contribution in [0.2, 0.25) is 0 Å². The van der Waals surface area contributed by atoms with Crippen molar-refractivity contribution < 1.29 is 0 Å². The SMILES string of the molecule is c1ccc(C2CC2C2(CNC3CC3)CC3CC3C2)cc1. The maximum atomic E-state index is 3.87. The quantitative estimate of drug-likeness (QED) is 0.851. The first-order valence-corrected chi connectivity index (χ1v) is 8.62. The van der Waals surface area contributed by atoms with Crippen molar-refractivity contribution in [2.45, 2.75) is 50.5 Å². The summed E-state index contributed by atoms with van der Waals surface area (Å²) >= 11 is 0. The van der Waals surface area contributed by atoms with Crippen molar-refractivity contribution in [1.82, 2.24) is 5.32 Å². The molecule has 4 fully saturated rings. The molecule has 1 N–H and O–H groups in total. The number of hydrogen-bond donors (Lipinski definition) is 1. The van der Waals surface area contributed by atoms with Crippen molar-refractivity contribution in [3.8, 4) is 0 Å². The van der Waals surface area contributed by atoms with Crippen LogP contribution in [0.3, 0.4) is 0 Å². The van der Waals surface area contributed by atoms with E-state index >= 15 is 0 Å². The summed E-state index contributed by atoms with van der Waals surface area (Å²) in [6, 6.07) is 12.1. The van der Waals surface area contributed by atoms with Gasteiger partial charge in [0.2, 0.25) is 0 Å². The van der Waals surface area contributed by atoms with E-state index in [-0.39, 0.29) is 0 Å². The van der Waals surface area contributed by atoms with Gasteiger partial charge in [-0.15, -0.1) is 0 Å². The molecule has 0 spiro atoms. The fraction of sp³-hybridized carbons (Fsp3) is 0.684. The van der Waals surface area contributed by atoms with E-state index in [1.807, 2.05) is 0 Å². The van der Waals surface area contributed by atoms with Crippen molar-refractivity contribution in [2.24, 2.45) is 23.2 Å². The summed E-state index contributed by atoms with van der Waals surface area (Å²) in [4.78, 5) is 0. The zero-order valence-electron chi connectivity index (χ0n) is 12.2. The number of nitrogens with one attached hydrogen (secondary N) is 1. The van der Waals surface area contributed by atoms with Crippen LogP contribution in [0, 0.1) is 23.2 Å². The van der Waals surface area contributed by atoms with E-state index in [0.29, 0.717) is 5.41 Å². The molecule has 4 aliphatic carbocycles. The molecule has 4 unspecified atom stereocenters. The molecule has 0 radical (unpaired) electrons. The molecule has 0 aliphatic heterocycles. The molecular weight excluding hydrogens is 242 g/mol. The van der Waals surface area contributed by atoms with Crippen molar-refractivity contribution in [2.75, 3.05) is 6.54 Å². The highest BCUT2D eigenvalue weighted by Crippen LogP contribution is 2.69. The third kappa shape index (κ3) is 1.94. The monoisotopic (exact) mass is 267 g/mol. The molecule has 4 aliphatic rings. The summed E-state index contributed by atoms with van der Waals surface area (Å²) < 4.78 is 0. The summed E-state index contributed by atoms with van der Waals surface area (Å²) in [6.45, 7) is 1.32. The van der Waals surface area contributed by atoms with Gasteiger partial charge in [-0.2, -0.15) is 0 Å². The first-order valence-electron chi connectivity index (χ1n) is 8.62. The maximum absolute atomic E-state index is 3.87. The van der Waals surface area contributed by atoms with Gasteiger partial charge in [-0.25, -0.2) is 0 Å². The second-order valence-electron chi connectivity index (χ2n) is 8.04. The van der Waals surface area contributed by atoms with Gasteiger partial charge in [0.05, 0.1) is 0 Å². The van der Waals surface area contributed by atoms with Crippen LogP contribution in [-0.2, 0) is 0 Å². The fourth-order valence-corrected chi connectivity index (χ4v) is 5.09. The minimum atomic E-state index is 0.663. The first kappa shape index (κ1) is 11.8. The highest BCUT2D eigenvalue weighted by atomic mass is 15.0. The Balaban J connectivity index is 1.34. The van der Waals surface area contributed by atoms with Gasteiger partial charge >= 0.3 is 0 Å². The fourth-order valence-electron chi connectivity index (χ4n) is 5.09. The average Bonchev–Trinajstić information content (AvgIpc) is 3.36. The lowest BCUT2D eigenvalue weighted by Gasteiger charge is -2.32. The van der Waals surface area contributed by atoms with Crippen LogP contribution in [0.4, 0.5) is 0 Å². The second-order valence-corrected chi connectivity index (χ2v) is 8.04. The Labute approximate surface area is 122 Å². The average molecular weight is 267 g/mol. The predicted octanol–water partition coefficient (Wildman–Crippen LogP) is 3.96. The lowest BCUT2D eigenvalue weighted by Crippen LogP contribution is -2.36. The van der Waals surface area contributed by atoms with E-state index in [9.17, 15) is 0 Å². The van der Waals surface area contributed by atoms with Crippen molar-refractivity contribution in [1.29, 1.82) is 0 Å². The molecule has 1 aromatic rings. The van der Waals surface area contributed by atoms with Crippen molar-refractivity contribution >= 4 is 0 Å². The summed E-state index contributed by atoms with van der Waals surface area (Å²) in [5.41, 5.74) is 2.26. The number of rotatable bonds is 5. The molecule has 20 heavy (non-hydrogen) atoms. The molecule has 0 bridgehead atoms. The van der Waals surface area contributed by atoms with Gasteiger partial charge in [0.25, 0.3) is 0 Å². The summed E-state index contributed by atoms with van der Waals surface area (Å²) in [7, 11) is 0. The van der Waals surface area contributed by atoms with Crippen LogP contribution < -0.4 is 5.32 Å². The van der Waals surface area contributed by atoms with Crippen LogP contribution in [0.15, 0.2) is 30.3 Å². The van der Waals surface area contributed by atoms with Crippen LogP contribution in [0.5, 0.6) is 0 Å². The molecule has 106 valence electrons. The third-order valence-electron chi connectivity index (χ3n) is 6.53. The third-order valence-corrected chi connectivity index (χ3v) is 6.53. The van der Waals surface area contributed by atoms with E-state index in [0.717, 1.165) is 29.7 Å². The summed E-state index contributed by atoms with van der Waals surface area (Å²) in [5, 5.41) is 3.87. The molecule has 1 aromatic carbocycles. The Kier molecular flexibility index (Phi) is 2.42. The van der Waals surface area contributed by atoms with Gasteiger partial charge in [-0.05, 0) is 73.2 Å². The van der Waals surface area contributed by atoms with Gasteiger partial charge in [-0.3, -0.25) is 0 Å². The van der Waals surface area contributed by atoms with Gasteiger partial charge in [0.1, 0.15) is 0 Å². The van der Waals surface area contributed by atoms with Gasteiger partial charge < -0.3 is 5.32 Å². The number of fused-ring (bicyclic) bond motifs is 1. The molecule has 1 nitrogen and oxygen atoms in total. The molecular formula is C19H25N. The standard InChI is InChI=1S/C19H25N/c1-2-4-13(5-3-1)17-9-18(17)19(12-20-16-6-7-16)10-14-8-15(14)11-19/h1-5,14-18,20H,6-12H2. The van der Waals surface area contributed by atoms with Gasteiger partial charge in [0, 0.05) is 12.6 Å². The molecule has 4 saturated carbocycles. The molecule has 0 amide bonds. The minimum absolute atomic E-state index is 0.663. The highest BCUT2D eigenvalue weighted by molar-refractivity contribution is 5.28. The normalized spacial score (nSPS) is 45.2. The van der Waals surface area contributed by atoms with E-state index < -0.39 is 0 Å². The molecule has 5 rings (SSSR count). The predicted molar refractivity (Wildman–Crippen MR) is 81.6 cm³/mol. The molecule has 1 heteroatoms. The number of benzene rings is 1. The van der Waals surface area contributed by atoms with Crippen LogP contribution in [-0.4, -0.2) is 12.6 Å². The van der Waals surface area contributed by atoms with E-state index in [2.05, 4.69) is 35.6 Å².